The molecule has 0 aromatic heterocycles. The Hall–Kier alpha value is -1.39. The van der Waals surface area contributed by atoms with Crippen LogP contribution in [-0.2, 0) is 6.42 Å². The molecule has 0 radical (unpaired) electrons. The second kappa shape index (κ2) is 6.86. The van der Waals surface area contributed by atoms with Crippen LogP contribution in [0, 0.1) is 11.6 Å². The van der Waals surface area contributed by atoms with E-state index in [1.165, 1.54) is 30.0 Å². The van der Waals surface area contributed by atoms with Crippen LogP contribution in [0.25, 0.3) is 0 Å². The van der Waals surface area contributed by atoms with Crippen LogP contribution in [-0.4, -0.2) is 6.04 Å². The standard InChI is InChI=1S/C16H17F2NS/c1-2-12(19)10-14-15(18)7-4-8-16(14)20-13-6-3-5-11(17)9-13/h3-9,12H,2,10,19H2,1H3. The van der Waals surface area contributed by atoms with Crippen molar-refractivity contribution >= 4 is 11.8 Å². The molecule has 0 aliphatic carbocycles. The van der Waals surface area contributed by atoms with Gasteiger partial charge in [-0.1, -0.05) is 30.8 Å². The minimum Gasteiger partial charge on any atom is -0.327 e. The molecule has 1 unspecified atom stereocenters. The van der Waals surface area contributed by atoms with E-state index in [1.54, 1.807) is 12.1 Å². The number of hydrogen-bond acceptors (Lipinski definition) is 2. The van der Waals surface area contributed by atoms with Gasteiger partial charge in [0.05, 0.1) is 0 Å². The summed E-state index contributed by atoms with van der Waals surface area (Å²) in [5.41, 5.74) is 6.53. The predicted molar refractivity (Wildman–Crippen MR) is 78.9 cm³/mol. The van der Waals surface area contributed by atoms with Gasteiger partial charge in [0, 0.05) is 21.4 Å². The topological polar surface area (TPSA) is 26.0 Å². The predicted octanol–water partition coefficient (Wildman–Crippen LogP) is 4.40. The van der Waals surface area contributed by atoms with Gasteiger partial charge in [0.2, 0.25) is 0 Å². The zero-order valence-corrected chi connectivity index (χ0v) is 12.1. The molecule has 2 rings (SSSR count). The van der Waals surface area contributed by atoms with E-state index in [1.807, 2.05) is 19.1 Å². The van der Waals surface area contributed by atoms with Gasteiger partial charge in [0.15, 0.2) is 0 Å². The third-order valence-electron chi connectivity index (χ3n) is 3.09. The van der Waals surface area contributed by atoms with Crippen molar-refractivity contribution in [3.05, 3.63) is 59.7 Å². The zero-order chi connectivity index (χ0) is 14.5. The summed E-state index contributed by atoms with van der Waals surface area (Å²) >= 11 is 1.36. The van der Waals surface area contributed by atoms with Gasteiger partial charge in [-0.05, 0) is 43.2 Å². The minimum absolute atomic E-state index is 0.0706. The van der Waals surface area contributed by atoms with Crippen molar-refractivity contribution in [2.24, 2.45) is 5.73 Å². The summed E-state index contributed by atoms with van der Waals surface area (Å²) in [6, 6.07) is 11.2. The fourth-order valence-electron chi connectivity index (χ4n) is 1.90. The van der Waals surface area contributed by atoms with Crippen LogP contribution in [0.2, 0.25) is 0 Å². The minimum atomic E-state index is -0.293. The summed E-state index contributed by atoms with van der Waals surface area (Å²) < 4.78 is 27.2. The van der Waals surface area contributed by atoms with Crippen molar-refractivity contribution in [2.45, 2.75) is 35.6 Å². The Morgan fingerprint density at radius 3 is 2.60 bits per heavy atom. The van der Waals surface area contributed by atoms with Gasteiger partial charge in [-0.3, -0.25) is 0 Å². The maximum Gasteiger partial charge on any atom is 0.127 e. The van der Waals surface area contributed by atoms with Crippen molar-refractivity contribution in [1.29, 1.82) is 0 Å². The fraction of sp³-hybridized carbons (Fsp3) is 0.250. The fourth-order valence-corrected chi connectivity index (χ4v) is 2.92. The molecule has 0 spiro atoms. The molecule has 2 aromatic rings. The van der Waals surface area contributed by atoms with Gasteiger partial charge >= 0.3 is 0 Å². The highest BCUT2D eigenvalue weighted by Gasteiger charge is 2.13. The third kappa shape index (κ3) is 3.81. The lowest BCUT2D eigenvalue weighted by Crippen LogP contribution is -2.22. The third-order valence-corrected chi connectivity index (χ3v) is 4.18. The Balaban J connectivity index is 2.29. The Labute approximate surface area is 122 Å². The molecule has 1 atom stereocenters. The average Bonchev–Trinajstić information content (AvgIpc) is 2.42. The van der Waals surface area contributed by atoms with E-state index in [-0.39, 0.29) is 17.7 Å². The molecule has 0 aliphatic rings. The van der Waals surface area contributed by atoms with Gasteiger partial charge in [-0.15, -0.1) is 0 Å². The van der Waals surface area contributed by atoms with Crippen LogP contribution in [0.1, 0.15) is 18.9 Å². The van der Waals surface area contributed by atoms with Crippen LogP contribution in [0.15, 0.2) is 52.3 Å². The van der Waals surface area contributed by atoms with E-state index < -0.39 is 0 Å². The summed E-state index contributed by atoms with van der Waals surface area (Å²) in [5, 5.41) is 0. The number of hydrogen-bond donors (Lipinski definition) is 1. The number of nitrogens with two attached hydrogens (primary N) is 1. The summed E-state index contributed by atoms with van der Waals surface area (Å²) in [5.74, 6) is -0.548. The van der Waals surface area contributed by atoms with Crippen LogP contribution < -0.4 is 5.73 Å². The van der Waals surface area contributed by atoms with E-state index >= 15 is 0 Å². The molecule has 0 bridgehead atoms. The molecule has 106 valence electrons. The molecule has 0 heterocycles. The summed E-state index contributed by atoms with van der Waals surface area (Å²) in [4.78, 5) is 1.54. The van der Waals surface area contributed by atoms with Crippen molar-refractivity contribution in [2.75, 3.05) is 0 Å². The first kappa shape index (κ1) is 15.0. The molecule has 0 saturated heterocycles. The van der Waals surface area contributed by atoms with Gasteiger partial charge < -0.3 is 5.73 Å². The lowest BCUT2D eigenvalue weighted by atomic mass is 10.0. The van der Waals surface area contributed by atoms with Crippen LogP contribution in [0.3, 0.4) is 0 Å². The molecular formula is C16H17F2NS. The Bertz CT molecular complexity index is 586. The van der Waals surface area contributed by atoms with E-state index in [9.17, 15) is 8.78 Å². The van der Waals surface area contributed by atoms with Gasteiger partial charge in [-0.25, -0.2) is 8.78 Å². The van der Waals surface area contributed by atoms with Crippen molar-refractivity contribution in [3.63, 3.8) is 0 Å². The van der Waals surface area contributed by atoms with Crippen LogP contribution >= 0.6 is 11.8 Å². The highest BCUT2D eigenvalue weighted by atomic mass is 32.2. The highest BCUT2D eigenvalue weighted by Crippen LogP contribution is 2.32. The van der Waals surface area contributed by atoms with E-state index in [0.717, 1.165) is 16.2 Å². The lowest BCUT2D eigenvalue weighted by Gasteiger charge is -2.14. The summed E-state index contributed by atoms with van der Waals surface area (Å²) in [7, 11) is 0. The normalized spacial score (nSPS) is 12.4. The SMILES string of the molecule is CCC(N)Cc1c(F)cccc1Sc1cccc(F)c1. The summed E-state index contributed by atoms with van der Waals surface area (Å²) in [6.07, 6.45) is 1.28. The quantitative estimate of drug-likeness (QED) is 0.884. The van der Waals surface area contributed by atoms with Crippen molar-refractivity contribution in [1.82, 2.24) is 0 Å². The maximum atomic E-state index is 14.0. The number of rotatable bonds is 5. The van der Waals surface area contributed by atoms with Gasteiger partial charge in [-0.2, -0.15) is 0 Å². The van der Waals surface area contributed by atoms with Gasteiger partial charge in [0.25, 0.3) is 0 Å². The number of benzene rings is 2. The lowest BCUT2D eigenvalue weighted by molar-refractivity contribution is 0.571. The monoisotopic (exact) mass is 293 g/mol. The van der Waals surface area contributed by atoms with E-state index in [2.05, 4.69) is 0 Å². The van der Waals surface area contributed by atoms with Crippen molar-refractivity contribution in [3.8, 4) is 0 Å². The molecule has 2 aromatic carbocycles. The molecule has 0 amide bonds. The molecule has 4 heteroatoms. The first-order chi connectivity index (χ1) is 9.60. The number of halogens is 2. The molecule has 2 N–H and O–H groups in total. The smallest absolute Gasteiger partial charge is 0.127 e. The second-order valence-corrected chi connectivity index (χ2v) is 5.76. The molecule has 0 saturated carbocycles. The molecule has 0 fully saturated rings. The largest absolute Gasteiger partial charge is 0.327 e. The summed E-state index contributed by atoms with van der Waals surface area (Å²) in [6.45, 7) is 1.98. The van der Waals surface area contributed by atoms with Crippen LogP contribution in [0.4, 0.5) is 8.78 Å². The van der Waals surface area contributed by atoms with E-state index in [4.69, 9.17) is 5.73 Å². The van der Waals surface area contributed by atoms with Crippen molar-refractivity contribution < 1.29 is 8.78 Å². The molecule has 0 aliphatic heterocycles. The molecule has 20 heavy (non-hydrogen) atoms. The molecular weight excluding hydrogens is 276 g/mol. The second-order valence-electron chi connectivity index (χ2n) is 4.65. The highest BCUT2D eigenvalue weighted by molar-refractivity contribution is 7.99. The van der Waals surface area contributed by atoms with E-state index in [0.29, 0.717) is 12.0 Å². The maximum absolute atomic E-state index is 14.0. The Kier molecular flexibility index (Phi) is 5.15. The first-order valence-electron chi connectivity index (χ1n) is 6.56. The Morgan fingerprint density at radius 2 is 1.90 bits per heavy atom. The first-order valence-corrected chi connectivity index (χ1v) is 7.38. The van der Waals surface area contributed by atoms with Crippen LogP contribution in [0.5, 0.6) is 0 Å². The molecule has 1 nitrogen and oxygen atoms in total. The van der Waals surface area contributed by atoms with Gasteiger partial charge in [0.1, 0.15) is 11.6 Å². The Morgan fingerprint density at radius 1 is 1.15 bits per heavy atom. The average molecular weight is 293 g/mol. The zero-order valence-electron chi connectivity index (χ0n) is 11.3.